The first-order valence-corrected chi connectivity index (χ1v) is 12.4. The zero-order valence-corrected chi connectivity index (χ0v) is 24.5. The Balaban J connectivity index is 0.000000698. The van der Waals surface area contributed by atoms with Crippen LogP contribution in [0.4, 0.5) is 0 Å². The number of phenolic OH excluding ortho intramolecular Hbond substituents is 9. The number of hydrogen-bond acceptors (Lipinski definition) is 18. The van der Waals surface area contributed by atoms with Gasteiger partial charge >= 0.3 is 17.9 Å². The molecule has 0 atom stereocenters. The van der Waals surface area contributed by atoms with Gasteiger partial charge in [0.05, 0.1) is 16.7 Å². The topological polar surface area (TPSA) is 422 Å². The molecule has 3 rings (SSSR count). The molecule has 0 radical (unpaired) electrons. The number of nitrogens with two attached hydrogens (primary N) is 3. The monoisotopic (exact) mass is 699 g/mol. The second-order valence-corrected chi connectivity index (χ2v) is 8.72. The van der Waals surface area contributed by atoms with E-state index < -0.39 is 107 Å². The van der Waals surface area contributed by atoms with Gasteiger partial charge in [0, 0.05) is 0 Å². The minimum atomic E-state index is -0.954. The second kappa shape index (κ2) is 18.6. The van der Waals surface area contributed by atoms with E-state index in [1.54, 1.807) is 0 Å². The highest BCUT2D eigenvalue weighted by molar-refractivity contribution is 5.94. The quantitative estimate of drug-likeness (QED) is 0.0624. The summed E-state index contributed by atoms with van der Waals surface area (Å²) in [7, 11) is 0. The molecule has 0 saturated heterocycles. The Bertz CT molecular complexity index is 1460. The van der Waals surface area contributed by atoms with Crippen LogP contribution in [0.2, 0.25) is 0 Å². The molecule has 3 aromatic carbocycles. The third kappa shape index (κ3) is 13.3. The van der Waals surface area contributed by atoms with Gasteiger partial charge in [-0.25, -0.2) is 14.4 Å². The Morgan fingerprint density at radius 1 is 0.408 bits per heavy atom. The third-order valence-corrected chi connectivity index (χ3v) is 4.95. The van der Waals surface area contributed by atoms with E-state index in [4.69, 9.17) is 63.2 Å². The van der Waals surface area contributed by atoms with Gasteiger partial charge in [-0.15, -0.1) is 0 Å². The lowest BCUT2D eigenvalue weighted by molar-refractivity contribution is -0.121. The van der Waals surface area contributed by atoms with Crippen molar-refractivity contribution in [1.29, 1.82) is 0 Å². The van der Waals surface area contributed by atoms with Crippen LogP contribution in [-0.2, 0) is 28.6 Å². The summed E-state index contributed by atoms with van der Waals surface area (Å²) in [5, 5.41) is 81.6. The molecule has 49 heavy (non-hydrogen) atoms. The van der Waals surface area contributed by atoms with Gasteiger partial charge in [-0.2, -0.15) is 0 Å². The Hall–Kier alpha value is -7.36. The van der Waals surface area contributed by atoms with Crippen molar-refractivity contribution in [3.63, 3.8) is 0 Å². The number of ether oxygens (including phenoxy) is 3. The van der Waals surface area contributed by atoms with Gasteiger partial charge in [0.15, 0.2) is 71.6 Å². The number of esters is 3. The van der Waals surface area contributed by atoms with Crippen molar-refractivity contribution in [1.82, 2.24) is 0 Å². The standard InChI is InChI=1S/3C9H9NO6.H2O/c3*10-7(13)3-16-9(15)4-1-5(11)8(14)6(12)2-4;/h3*1-2,11-12,14H,3H2,(H2,10,13);1H2. The van der Waals surface area contributed by atoms with Gasteiger partial charge in [0.1, 0.15) is 0 Å². The van der Waals surface area contributed by atoms with Crippen molar-refractivity contribution >= 4 is 35.6 Å². The average Bonchev–Trinajstić information content (AvgIpc) is 3.01. The molecular weight excluding hydrogens is 670 g/mol. The Labute approximate surface area is 272 Å². The van der Waals surface area contributed by atoms with Gasteiger partial charge in [-0.1, -0.05) is 0 Å². The van der Waals surface area contributed by atoms with Gasteiger partial charge in [0.25, 0.3) is 17.7 Å². The number of benzene rings is 3. The number of carbonyl (C=O) groups is 6. The predicted molar refractivity (Wildman–Crippen MR) is 156 cm³/mol. The van der Waals surface area contributed by atoms with E-state index in [1.807, 2.05) is 0 Å². The van der Waals surface area contributed by atoms with E-state index in [2.05, 4.69) is 14.2 Å². The summed E-state index contributed by atoms with van der Waals surface area (Å²) >= 11 is 0. The summed E-state index contributed by atoms with van der Waals surface area (Å²) in [6, 6.07) is 5.32. The number of phenols is 9. The first-order valence-electron chi connectivity index (χ1n) is 12.4. The van der Waals surface area contributed by atoms with Crippen LogP contribution in [-0.4, -0.2) is 107 Å². The van der Waals surface area contributed by atoms with Crippen LogP contribution in [0.5, 0.6) is 51.7 Å². The molecule has 0 aliphatic heterocycles. The lowest BCUT2D eigenvalue weighted by Crippen LogP contribution is -2.20. The SMILES string of the molecule is NC(=O)COC(=O)c1cc(O)c(O)c(O)c1.NC(=O)COC(=O)c1cc(O)c(O)c(O)c1.NC(=O)COC(=O)c1cc(O)c(O)c(O)c1.O. The van der Waals surface area contributed by atoms with Crippen molar-refractivity contribution < 1.29 is 94.4 Å². The summed E-state index contributed by atoms with van der Waals surface area (Å²) in [4.78, 5) is 64.7. The van der Waals surface area contributed by atoms with E-state index in [1.165, 1.54) is 0 Å². The summed E-state index contributed by atoms with van der Waals surface area (Å²) in [5.74, 6) is -11.6. The van der Waals surface area contributed by atoms with Crippen molar-refractivity contribution in [2.45, 2.75) is 0 Å². The molecule has 22 heteroatoms. The minimum absolute atomic E-state index is 0. The molecule has 0 fully saturated rings. The Morgan fingerprint density at radius 3 is 0.714 bits per heavy atom. The largest absolute Gasteiger partial charge is 0.504 e. The zero-order chi connectivity index (χ0) is 36.9. The molecule has 3 amide bonds. The van der Waals surface area contributed by atoms with Crippen LogP contribution in [0.15, 0.2) is 36.4 Å². The molecule has 0 aliphatic carbocycles. The average molecular weight is 700 g/mol. The van der Waals surface area contributed by atoms with Crippen LogP contribution in [0.3, 0.4) is 0 Å². The first kappa shape index (κ1) is 41.6. The molecule has 0 heterocycles. The lowest BCUT2D eigenvalue weighted by Gasteiger charge is -2.05. The number of hydrogen-bond donors (Lipinski definition) is 12. The number of rotatable bonds is 9. The molecule has 0 saturated carbocycles. The maximum atomic E-state index is 11.2. The highest BCUT2D eigenvalue weighted by Crippen LogP contribution is 2.37. The Kier molecular flexibility index (Phi) is 15.8. The van der Waals surface area contributed by atoms with E-state index in [-0.39, 0.29) is 22.2 Å². The maximum absolute atomic E-state index is 11.2. The van der Waals surface area contributed by atoms with Gasteiger partial charge in [-0.3, -0.25) is 14.4 Å². The number of carbonyl (C=O) groups excluding carboxylic acids is 6. The number of amides is 3. The van der Waals surface area contributed by atoms with Crippen LogP contribution in [0.1, 0.15) is 31.1 Å². The van der Waals surface area contributed by atoms with Crippen molar-refractivity contribution in [2.75, 3.05) is 19.8 Å². The first-order chi connectivity index (χ1) is 22.2. The van der Waals surface area contributed by atoms with Crippen LogP contribution in [0.25, 0.3) is 0 Å². The molecular formula is C27H29N3O19. The molecule has 3 aromatic rings. The van der Waals surface area contributed by atoms with E-state index in [0.717, 1.165) is 36.4 Å². The van der Waals surface area contributed by atoms with E-state index in [0.29, 0.717) is 0 Å². The van der Waals surface area contributed by atoms with Crippen molar-refractivity contribution in [3.8, 4) is 51.7 Å². The fraction of sp³-hybridized carbons (Fsp3) is 0.111. The molecule has 0 aromatic heterocycles. The minimum Gasteiger partial charge on any atom is -0.504 e. The molecule has 17 N–H and O–H groups in total. The number of primary amides is 3. The van der Waals surface area contributed by atoms with Crippen molar-refractivity contribution in [2.24, 2.45) is 17.2 Å². The number of aromatic hydroxyl groups is 9. The van der Waals surface area contributed by atoms with Crippen LogP contribution < -0.4 is 17.2 Å². The van der Waals surface area contributed by atoms with Crippen molar-refractivity contribution in [3.05, 3.63) is 53.1 Å². The molecule has 0 bridgehead atoms. The second-order valence-electron chi connectivity index (χ2n) is 8.72. The maximum Gasteiger partial charge on any atom is 0.338 e. The smallest absolute Gasteiger partial charge is 0.338 e. The molecule has 0 unspecified atom stereocenters. The summed E-state index contributed by atoms with van der Waals surface area (Å²) in [6.45, 7) is -1.83. The summed E-state index contributed by atoms with van der Waals surface area (Å²) in [6.07, 6.45) is 0. The Morgan fingerprint density at radius 2 is 0.571 bits per heavy atom. The zero-order valence-electron chi connectivity index (χ0n) is 24.5. The summed E-state index contributed by atoms with van der Waals surface area (Å²) < 4.78 is 13.3. The summed E-state index contributed by atoms with van der Waals surface area (Å²) in [5.41, 5.74) is 13.6. The highest BCUT2D eigenvalue weighted by atomic mass is 16.5. The lowest BCUT2D eigenvalue weighted by atomic mass is 10.2. The normalized spacial score (nSPS) is 9.55. The fourth-order valence-corrected chi connectivity index (χ4v) is 2.83. The third-order valence-electron chi connectivity index (χ3n) is 4.95. The molecule has 266 valence electrons. The molecule has 0 spiro atoms. The van der Waals surface area contributed by atoms with Gasteiger partial charge < -0.3 is 82.8 Å². The van der Waals surface area contributed by atoms with Gasteiger partial charge in [-0.05, 0) is 36.4 Å². The molecule has 22 nitrogen and oxygen atoms in total. The van der Waals surface area contributed by atoms with Crippen LogP contribution in [0, 0.1) is 0 Å². The highest BCUT2D eigenvalue weighted by Gasteiger charge is 2.17. The van der Waals surface area contributed by atoms with E-state index >= 15 is 0 Å². The van der Waals surface area contributed by atoms with Gasteiger partial charge in [0.2, 0.25) is 0 Å². The predicted octanol–water partition coefficient (Wildman–Crippen LogP) is -2.49. The molecule has 0 aliphatic rings. The van der Waals surface area contributed by atoms with E-state index in [9.17, 15) is 28.8 Å². The van der Waals surface area contributed by atoms with Crippen LogP contribution >= 0.6 is 0 Å². The fourth-order valence-electron chi connectivity index (χ4n) is 2.83.